The Bertz CT molecular complexity index is 196. The molecule has 0 aliphatic rings. The number of carboxylic acids is 1. The van der Waals surface area contributed by atoms with E-state index in [1.807, 2.05) is 20.8 Å². The zero-order valence-electron chi connectivity index (χ0n) is 10.2. The van der Waals surface area contributed by atoms with Crippen LogP contribution in [-0.4, -0.2) is 35.9 Å². The second-order valence-corrected chi connectivity index (χ2v) is 4.05. The molecule has 0 aliphatic heterocycles. The molecule has 2 unspecified atom stereocenters. The Kier molecular flexibility index (Phi) is 6.52. The molecule has 0 aliphatic carbocycles. The number of likely N-dealkylation sites (N-methyl/N-ethyl adjacent to an activating group) is 1. The number of rotatable bonds is 8. The fraction of sp³-hybridized carbons (Fsp3) is 0.909. The molecule has 0 amide bonds. The van der Waals surface area contributed by atoms with Crippen molar-refractivity contribution in [3.8, 4) is 0 Å². The van der Waals surface area contributed by atoms with E-state index in [4.69, 9.17) is 9.84 Å². The van der Waals surface area contributed by atoms with Crippen LogP contribution >= 0.6 is 0 Å². The maximum absolute atomic E-state index is 11.1. The molecule has 0 saturated carbocycles. The van der Waals surface area contributed by atoms with E-state index in [1.54, 1.807) is 6.92 Å². The van der Waals surface area contributed by atoms with Gasteiger partial charge in [0.15, 0.2) is 0 Å². The summed E-state index contributed by atoms with van der Waals surface area (Å²) in [5, 5.41) is 12.1. The van der Waals surface area contributed by atoms with E-state index in [0.717, 1.165) is 6.42 Å². The van der Waals surface area contributed by atoms with Gasteiger partial charge >= 0.3 is 5.97 Å². The van der Waals surface area contributed by atoms with Gasteiger partial charge in [0.25, 0.3) is 0 Å². The van der Waals surface area contributed by atoms with Crippen LogP contribution < -0.4 is 5.32 Å². The molecule has 0 bridgehead atoms. The minimum absolute atomic E-state index is 0.0369. The molecular formula is C11H23NO3. The average molecular weight is 217 g/mol. The van der Waals surface area contributed by atoms with Crippen LogP contribution in [0.2, 0.25) is 0 Å². The third kappa shape index (κ3) is 5.14. The second-order valence-electron chi connectivity index (χ2n) is 4.05. The Morgan fingerprint density at radius 1 is 1.53 bits per heavy atom. The molecule has 0 aromatic carbocycles. The van der Waals surface area contributed by atoms with Gasteiger partial charge in [-0.25, -0.2) is 0 Å². The van der Waals surface area contributed by atoms with Gasteiger partial charge in [-0.05, 0) is 26.8 Å². The van der Waals surface area contributed by atoms with Crippen LogP contribution in [0.3, 0.4) is 0 Å². The number of hydrogen-bond donors (Lipinski definition) is 2. The summed E-state index contributed by atoms with van der Waals surface area (Å²) in [5.74, 6) is -0.823. The van der Waals surface area contributed by atoms with Gasteiger partial charge in [0, 0.05) is 13.0 Å². The Morgan fingerprint density at radius 3 is 2.53 bits per heavy atom. The summed E-state index contributed by atoms with van der Waals surface area (Å²) < 4.78 is 5.48. The van der Waals surface area contributed by atoms with Gasteiger partial charge in [-0.15, -0.1) is 0 Å². The van der Waals surface area contributed by atoms with Crippen LogP contribution in [0, 0.1) is 0 Å². The van der Waals surface area contributed by atoms with Gasteiger partial charge in [0.1, 0.15) is 5.54 Å². The van der Waals surface area contributed by atoms with Gasteiger partial charge in [-0.3, -0.25) is 4.79 Å². The Hall–Kier alpha value is -0.610. The van der Waals surface area contributed by atoms with Crippen molar-refractivity contribution in [1.82, 2.24) is 5.32 Å². The molecular weight excluding hydrogens is 194 g/mol. The van der Waals surface area contributed by atoms with Gasteiger partial charge in [0.05, 0.1) is 6.10 Å². The quantitative estimate of drug-likeness (QED) is 0.649. The first-order valence-corrected chi connectivity index (χ1v) is 5.56. The molecule has 4 nitrogen and oxygen atoms in total. The summed E-state index contributed by atoms with van der Waals surface area (Å²) in [6.45, 7) is 8.87. The fourth-order valence-electron chi connectivity index (χ4n) is 1.58. The van der Waals surface area contributed by atoms with E-state index in [-0.39, 0.29) is 6.10 Å². The van der Waals surface area contributed by atoms with Crippen LogP contribution in [0.1, 0.15) is 40.5 Å². The van der Waals surface area contributed by atoms with Crippen LogP contribution in [0.25, 0.3) is 0 Å². The number of nitrogens with one attached hydrogen (secondary N) is 1. The molecule has 0 saturated heterocycles. The van der Waals surface area contributed by atoms with E-state index in [1.165, 1.54) is 0 Å². The molecule has 0 aromatic heterocycles. The van der Waals surface area contributed by atoms with Gasteiger partial charge in [-0.2, -0.15) is 0 Å². The van der Waals surface area contributed by atoms with Crippen molar-refractivity contribution in [2.45, 2.75) is 52.2 Å². The van der Waals surface area contributed by atoms with Gasteiger partial charge in [-0.1, -0.05) is 13.8 Å². The van der Waals surface area contributed by atoms with Crippen molar-refractivity contribution in [2.75, 3.05) is 13.2 Å². The van der Waals surface area contributed by atoms with Gasteiger partial charge in [0.2, 0.25) is 0 Å². The van der Waals surface area contributed by atoms with Crippen molar-refractivity contribution in [1.29, 1.82) is 0 Å². The number of aliphatic carboxylic acids is 1. The van der Waals surface area contributed by atoms with Crippen molar-refractivity contribution in [3.05, 3.63) is 0 Å². The minimum Gasteiger partial charge on any atom is -0.480 e. The van der Waals surface area contributed by atoms with E-state index in [9.17, 15) is 4.79 Å². The minimum atomic E-state index is -0.887. The molecule has 0 spiro atoms. The highest BCUT2D eigenvalue weighted by Crippen LogP contribution is 2.15. The standard InChI is InChI=1S/C11H23NO3/c1-5-7-15-9(3)8-11(4,10(13)14)12-6-2/h9,12H,5-8H2,1-4H3,(H,13,14). The highest BCUT2D eigenvalue weighted by atomic mass is 16.5. The van der Waals surface area contributed by atoms with Crippen molar-refractivity contribution < 1.29 is 14.6 Å². The first-order valence-electron chi connectivity index (χ1n) is 5.56. The van der Waals surface area contributed by atoms with E-state index < -0.39 is 11.5 Å². The molecule has 2 atom stereocenters. The maximum Gasteiger partial charge on any atom is 0.323 e. The highest BCUT2D eigenvalue weighted by molar-refractivity contribution is 5.78. The van der Waals surface area contributed by atoms with Crippen LogP contribution in [0.15, 0.2) is 0 Å². The van der Waals surface area contributed by atoms with Crippen molar-refractivity contribution in [3.63, 3.8) is 0 Å². The third-order valence-electron chi connectivity index (χ3n) is 2.34. The van der Waals surface area contributed by atoms with Crippen molar-refractivity contribution in [2.24, 2.45) is 0 Å². The van der Waals surface area contributed by atoms with E-state index in [2.05, 4.69) is 5.32 Å². The lowest BCUT2D eigenvalue weighted by Gasteiger charge is -2.28. The van der Waals surface area contributed by atoms with Gasteiger partial charge < -0.3 is 15.2 Å². The first kappa shape index (κ1) is 14.4. The smallest absolute Gasteiger partial charge is 0.323 e. The predicted octanol–water partition coefficient (Wildman–Crippen LogP) is 1.64. The largest absolute Gasteiger partial charge is 0.480 e. The molecule has 0 fully saturated rings. The highest BCUT2D eigenvalue weighted by Gasteiger charge is 2.33. The monoisotopic (exact) mass is 217 g/mol. The molecule has 0 radical (unpaired) electrons. The number of carboxylic acid groups (broad SMARTS) is 1. The maximum atomic E-state index is 11.1. The molecule has 0 rings (SSSR count). The molecule has 90 valence electrons. The SMILES string of the molecule is CCCOC(C)CC(C)(NCC)C(=O)O. The molecule has 0 aromatic rings. The Morgan fingerprint density at radius 2 is 2.13 bits per heavy atom. The lowest BCUT2D eigenvalue weighted by Crippen LogP contribution is -2.51. The van der Waals surface area contributed by atoms with Crippen molar-refractivity contribution >= 4 is 5.97 Å². The molecule has 0 heterocycles. The summed E-state index contributed by atoms with van der Waals surface area (Å²) in [6.07, 6.45) is 1.40. The topological polar surface area (TPSA) is 58.6 Å². The Labute approximate surface area is 92.0 Å². The molecule has 2 N–H and O–H groups in total. The van der Waals surface area contributed by atoms with Crippen LogP contribution in [0.5, 0.6) is 0 Å². The van der Waals surface area contributed by atoms with E-state index >= 15 is 0 Å². The first-order chi connectivity index (χ1) is 6.96. The molecule has 15 heavy (non-hydrogen) atoms. The average Bonchev–Trinajstić information content (AvgIpc) is 2.14. The lowest BCUT2D eigenvalue weighted by molar-refractivity contribution is -0.145. The predicted molar refractivity (Wildman–Crippen MR) is 60.0 cm³/mol. The third-order valence-corrected chi connectivity index (χ3v) is 2.34. The summed E-state index contributed by atoms with van der Waals surface area (Å²) in [6, 6.07) is 0. The summed E-state index contributed by atoms with van der Waals surface area (Å²) >= 11 is 0. The zero-order valence-corrected chi connectivity index (χ0v) is 10.2. The normalized spacial score (nSPS) is 17.1. The second kappa shape index (κ2) is 6.80. The van der Waals surface area contributed by atoms with Crippen LogP contribution in [-0.2, 0) is 9.53 Å². The summed E-state index contributed by atoms with van der Waals surface area (Å²) in [4.78, 5) is 11.1. The number of carbonyl (C=O) groups is 1. The van der Waals surface area contributed by atoms with Crippen LogP contribution in [0.4, 0.5) is 0 Å². The number of ether oxygens (including phenoxy) is 1. The Balaban J connectivity index is 4.21. The lowest BCUT2D eigenvalue weighted by atomic mass is 9.95. The summed E-state index contributed by atoms with van der Waals surface area (Å²) in [5.41, 5.74) is -0.887. The van der Waals surface area contributed by atoms with E-state index in [0.29, 0.717) is 19.6 Å². The number of hydrogen-bond acceptors (Lipinski definition) is 3. The zero-order chi connectivity index (χ0) is 11.9. The summed E-state index contributed by atoms with van der Waals surface area (Å²) in [7, 11) is 0. The fourth-order valence-corrected chi connectivity index (χ4v) is 1.58. The molecule has 4 heteroatoms.